The van der Waals surface area contributed by atoms with Gasteiger partial charge < -0.3 is 15.7 Å². The number of rotatable bonds is 12. The summed E-state index contributed by atoms with van der Waals surface area (Å²) in [6, 6.07) is 0.0450. The zero-order valence-electron chi connectivity index (χ0n) is 19.5. The van der Waals surface area contributed by atoms with E-state index in [0.717, 1.165) is 26.2 Å². The monoisotopic (exact) mass is 486 g/mol. The molecule has 192 valence electrons. The topological polar surface area (TPSA) is 61.4 Å². The van der Waals surface area contributed by atoms with Gasteiger partial charge in [-0.3, -0.25) is 4.79 Å². The lowest BCUT2D eigenvalue weighted by Crippen LogP contribution is -2.47. The van der Waals surface area contributed by atoms with Crippen molar-refractivity contribution in [1.82, 2.24) is 10.6 Å². The Balaban J connectivity index is 3.12. The minimum Gasteiger partial charge on any atom is -0.396 e. The third-order valence-corrected chi connectivity index (χ3v) is 6.47. The molecule has 0 radical (unpaired) electrons. The van der Waals surface area contributed by atoms with Crippen molar-refractivity contribution in [2.24, 2.45) is 11.3 Å². The zero-order chi connectivity index (χ0) is 25.3. The van der Waals surface area contributed by atoms with Crippen molar-refractivity contribution >= 4 is 5.91 Å². The summed E-state index contributed by atoms with van der Waals surface area (Å²) in [7, 11) is 1.77. The van der Waals surface area contributed by atoms with E-state index in [2.05, 4.69) is 10.6 Å². The Hall–Kier alpha value is -1.55. The van der Waals surface area contributed by atoms with Gasteiger partial charge in [0.2, 0.25) is 5.91 Å². The summed E-state index contributed by atoms with van der Waals surface area (Å²) in [5.41, 5.74) is -2.24. The molecule has 1 aliphatic rings. The number of allylic oxidation sites excluding steroid dienone is 2. The highest BCUT2D eigenvalue weighted by Crippen LogP contribution is 2.46. The highest BCUT2D eigenvalue weighted by molar-refractivity contribution is 5.83. The van der Waals surface area contributed by atoms with Crippen molar-refractivity contribution < 1.29 is 36.2 Å². The molecule has 4 nitrogen and oxygen atoms in total. The van der Waals surface area contributed by atoms with E-state index in [1.807, 2.05) is 6.92 Å². The summed E-state index contributed by atoms with van der Waals surface area (Å²) in [4.78, 5) is 13.3. The van der Waals surface area contributed by atoms with Gasteiger partial charge in [0.15, 0.2) is 0 Å². The zero-order valence-corrected chi connectivity index (χ0v) is 19.5. The van der Waals surface area contributed by atoms with E-state index >= 15 is 0 Å². The molecule has 0 aromatic heterocycles. The van der Waals surface area contributed by atoms with Crippen LogP contribution in [0.1, 0.15) is 65.2 Å². The van der Waals surface area contributed by atoms with E-state index in [0.29, 0.717) is 37.8 Å². The number of unbranched alkanes of at least 4 members (excludes halogenated alkanes) is 2. The maximum absolute atomic E-state index is 13.3. The van der Waals surface area contributed by atoms with Gasteiger partial charge in [-0.15, -0.1) is 0 Å². The maximum Gasteiger partial charge on any atom is 0.412 e. The Bertz CT molecular complexity index is 687. The van der Waals surface area contributed by atoms with Crippen molar-refractivity contribution in [3.8, 4) is 0 Å². The predicted octanol–water partition coefficient (Wildman–Crippen LogP) is 5.44. The highest BCUT2D eigenvalue weighted by atomic mass is 19.4. The molecule has 33 heavy (non-hydrogen) atoms. The molecule has 0 heterocycles. The molecule has 0 saturated heterocycles. The lowest BCUT2D eigenvalue weighted by molar-refractivity contribution is -0.135. The molecular formula is C23H36F6N2O2. The Morgan fingerprint density at radius 2 is 1.88 bits per heavy atom. The molecule has 0 aromatic carbocycles. The molecule has 0 spiro atoms. The Labute approximate surface area is 191 Å². The summed E-state index contributed by atoms with van der Waals surface area (Å²) in [6.45, 7) is 2.14. The molecule has 1 fully saturated rings. The third-order valence-electron chi connectivity index (χ3n) is 6.47. The van der Waals surface area contributed by atoms with Crippen LogP contribution in [0.15, 0.2) is 23.3 Å². The molecule has 1 saturated carbocycles. The van der Waals surface area contributed by atoms with Crippen LogP contribution < -0.4 is 10.6 Å². The van der Waals surface area contributed by atoms with Crippen LogP contribution in [0.3, 0.4) is 0 Å². The number of halogens is 6. The van der Waals surface area contributed by atoms with Crippen molar-refractivity contribution in [2.75, 3.05) is 20.2 Å². The number of aliphatic hydroxyl groups is 1. The second-order valence-electron chi connectivity index (χ2n) is 8.87. The average Bonchev–Trinajstić information content (AvgIpc) is 3.17. The maximum atomic E-state index is 13.3. The van der Waals surface area contributed by atoms with Crippen LogP contribution in [-0.2, 0) is 4.79 Å². The minimum absolute atomic E-state index is 0.0450. The number of nitrogens with one attached hydrogen (secondary N) is 2. The van der Waals surface area contributed by atoms with Crippen LogP contribution in [0.4, 0.5) is 26.3 Å². The van der Waals surface area contributed by atoms with Gasteiger partial charge in [-0.05, 0) is 57.2 Å². The lowest BCUT2D eigenvalue weighted by Gasteiger charge is -2.36. The van der Waals surface area contributed by atoms with E-state index < -0.39 is 42.2 Å². The fraction of sp³-hybridized carbons (Fsp3) is 0.783. The molecule has 1 aliphatic carbocycles. The van der Waals surface area contributed by atoms with Crippen LogP contribution in [0, 0.1) is 11.3 Å². The van der Waals surface area contributed by atoms with Gasteiger partial charge in [0, 0.05) is 24.8 Å². The smallest absolute Gasteiger partial charge is 0.396 e. The van der Waals surface area contributed by atoms with Gasteiger partial charge in [0.05, 0.1) is 11.8 Å². The van der Waals surface area contributed by atoms with Crippen LogP contribution in [0.5, 0.6) is 0 Å². The molecule has 3 atom stereocenters. The SMILES string of the molecule is CCCCCC(CO)C1(C(=O)NCC(=C/CC(F)(F)F)/C=C(\C)C(F)(F)F)CCC(NC)C1. The van der Waals surface area contributed by atoms with Crippen LogP contribution in [0.25, 0.3) is 0 Å². The average molecular weight is 487 g/mol. The molecule has 1 rings (SSSR count). The number of carbonyl (C=O) groups excluding carboxylic acids is 1. The Morgan fingerprint density at radius 3 is 2.36 bits per heavy atom. The van der Waals surface area contributed by atoms with Gasteiger partial charge in [0.1, 0.15) is 0 Å². The fourth-order valence-corrected chi connectivity index (χ4v) is 4.41. The first-order chi connectivity index (χ1) is 15.3. The Kier molecular flexibility index (Phi) is 11.4. The van der Waals surface area contributed by atoms with Crippen molar-refractivity contribution in [3.63, 3.8) is 0 Å². The van der Waals surface area contributed by atoms with Gasteiger partial charge in [0.25, 0.3) is 0 Å². The summed E-state index contributed by atoms with van der Waals surface area (Å²) < 4.78 is 76.8. The first kappa shape index (κ1) is 29.5. The fourth-order valence-electron chi connectivity index (χ4n) is 4.41. The van der Waals surface area contributed by atoms with Gasteiger partial charge in [-0.25, -0.2) is 0 Å². The minimum atomic E-state index is -4.69. The number of aliphatic hydroxyl groups excluding tert-OH is 1. The quantitative estimate of drug-likeness (QED) is 0.196. The molecule has 3 unspecified atom stereocenters. The molecule has 0 aliphatic heterocycles. The number of hydrogen-bond donors (Lipinski definition) is 3. The Morgan fingerprint density at radius 1 is 1.21 bits per heavy atom. The van der Waals surface area contributed by atoms with Crippen molar-refractivity contribution in [2.45, 2.75) is 83.6 Å². The van der Waals surface area contributed by atoms with Crippen LogP contribution >= 0.6 is 0 Å². The van der Waals surface area contributed by atoms with E-state index in [1.54, 1.807) is 7.05 Å². The molecule has 0 bridgehead atoms. The highest BCUT2D eigenvalue weighted by Gasteiger charge is 2.49. The van der Waals surface area contributed by atoms with Crippen molar-refractivity contribution in [3.05, 3.63) is 23.3 Å². The van der Waals surface area contributed by atoms with Gasteiger partial charge in [-0.2, -0.15) is 26.3 Å². The van der Waals surface area contributed by atoms with Gasteiger partial charge in [-0.1, -0.05) is 32.3 Å². The van der Waals surface area contributed by atoms with E-state index in [4.69, 9.17) is 0 Å². The summed E-state index contributed by atoms with van der Waals surface area (Å²) in [5.74, 6) is -0.774. The van der Waals surface area contributed by atoms with E-state index in [1.165, 1.54) is 0 Å². The second-order valence-corrected chi connectivity index (χ2v) is 8.87. The number of carbonyl (C=O) groups is 1. The molecule has 10 heteroatoms. The normalized spacial score (nSPS) is 23.6. The third kappa shape index (κ3) is 9.31. The predicted molar refractivity (Wildman–Crippen MR) is 115 cm³/mol. The van der Waals surface area contributed by atoms with Crippen molar-refractivity contribution in [1.29, 1.82) is 0 Å². The summed E-state index contributed by atoms with van der Waals surface area (Å²) in [5, 5.41) is 15.8. The number of hydrogen-bond acceptors (Lipinski definition) is 3. The summed E-state index contributed by atoms with van der Waals surface area (Å²) >= 11 is 0. The molecule has 3 N–H and O–H groups in total. The second kappa shape index (κ2) is 12.8. The largest absolute Gasteiger partial charge is 0.412 e. The van der Waals surface area contributed by atoms with Crippen LogP contribution in [-0.4, -0.2) is 49.6 Å². The number of alkyl halides is 6. The number of amides is 1. The first-order valence-corrected chi connectivity index (χ1v) is 11.4. The van der Waals surface area contributed by atoms with Gasteiger partial charge >= 0.3 is 12.4 Å². The van der Waals surface area contributed by atoms with Crippen LogP contribution in [0.2, 0.25) is 0 Å². The molecule has 1 amide bonds. The van der Waals surface area contributed by atoms with E-state index in [9.17, 15) is 36.2 Å². The lowest BCUT2D eigenvalue weighted by atomic mass is 9.71. The molecular weight excluding hydrogens is 450 g/mol. The summed E-state index contributed by atoms with van der Waals surface area (Å²) in [6.07, 6.45) is -4.38. The standard InChI is InChI=1S/C23H36F6N2O2/c1-4-5-6-7-18(15-32)21(10-9-19(13-21)30-3)20(33)31-14-17(8-11-22(24,25)26)12-16(2)23(27,28)29/h8,12,18-19,30,32H,4-7,9-11,13-15H2,1-3H3,(H,31,33)/b16-12+,17-8+. The first-order valence-electron chi connectivity index (χ1n) is 11.4. The van der Waals surface area contributed by atoms with E-state index in [-0.39, 0.29) is 24.1 Å². The molecule has 0 aromatic rings.